The molecule has 2 aromatic rings. The number of nitrogens with one attached hydrogen (secondary N) is 1. The molecule has 3 rings (SSSR count). The first-order chi connectivity index (χ1) is 10.7. The Morgan fingerprint density at radius 3 is 2.59 bits per heavy atom. The third-order valence-corrected chi connectivity index (χ3v) is 4.34. The third kappa shape index (κ3) is 3.75. The van der Waals surface area contributed by atoms with E-state index >= 15 is 0 Å². The van der Waals surface area contributed by atoms with E-state index in [0.717, 1.165) is 6.26 Å². The van der Waals surface area contributed by atoms with E-state index < -0.39 is 0 Å². The lowest BCUT2D eigenvalue weighted by Gasteiger charge is -2.18. The van der Waals surface area contributed by atoms with Gasteiger partial charge in [0.25, 0.3) is 6.47 Å². The lowest BCUT2D eigenvalue weighted by atomic mass is 9.89. The van der Waals surface area contributed by atoms with Crippen molar-refractivity contribution in [3.05, 3.63) is 41.9 Å². The van der Waals surface area contributed by atoms with Gasteiger partial charge in [-0.1, -0.05) is 31.9 Å². The molecule has 1 saturated carbocycles. The van der Waals surface area contributed by atoms with Gasteiger partial charge in [-0.05, 0) is 43.9 Å². The lowest BCUT2D eigenvalue weighted by molar-refractivity contribution is -0.123. The number of H-pyrrole nitrogens is 1. The molecule has 1 aliphatic rings. The zero-order chi connectivity index (χ0) is 15.9. The molecule has 4 nitrogen and oxygen atoms in total. The number of rotatable bonds is 3. The quantitative estimate of drug-likeness (QED) is 0.669. The minimum atomic E-state index is 0.312. The molecule has 1 aliphatic carbocycles. The Hall–Kier alpha value is -2.10. The number of benzene rings is 1. The standard InChI is InChI=1S/C15H20N2.C3H4O2/c1-10-8-9-13-14(11(10)2)17-15(16-13)12-6-4-3-5-7-12;1-2-5-3-4/h8-9,12H,3-7H2,1-2H3,(H,16,17);2-3H,1H2. The van der Waals surface area contributed by atoms with Crippen molar-refractivity contribution in [1.82, 2.24) is 9.97 Å². The van der Waals surface area contributed by atoms with Gasteiger partial charge < -0.3 is 9.72 Å². The molecule has 1 aromatic heterocycles. The number of nitrogens with zero attached hydrogens (tertiary/aromatic N) is 1. The van der Waals surface area contributed by atoms with E-state index in [4.69, 9.17) is 9.78 Å². The summed E-state index contributed by atoms with van der Waals surface area (Å²) in [6.45, 7) is 7.74. The Labute approximate surface area is 131 Å². The van der Waals surface area contributed by atoms with Crippen molar-refractivity contribution in [2.75, 3.05) is 0 Å². The second-order valence-corrected chi connectivity index (χ2v) is 5.76. The average Bonchev–Trinajstić information content (AvgIpc) is 2.98. The molecule has 1 aromatic carbocycles. The maximum Gasteiger partial charge on any atom is 0.297 e. The second-order valence-electron chi connectivity index (χ2n) is 5.76. The average molecular weight is 300 g/mol. The number of aromatic nitrogens is 2. The summed E-state index contributed by atoms with van der Waals surface area (Å²) in [4.78, 5) is 17.5. The molecule has 4 heteroatoms. The van der Waals surface area contributed by atoms with Crippen molar-refractivity contribution < 1.29 is 9.53 Å². The molecule has 0 radical (unpaired) electrons. The van der Waals surface area contributed by atoms with Crippen LogP contribution < -0.4 is 0 Å². The van der Waals surface area contributed by atoms with Crippen LogP contribution in [-0.2, 0) is 9.53 Å². The number of carbonyl (C=O) groups excluding carboxylic acids is 1. The number of ether oxygens (including phenoxy) is 1. The van der Waals surface area contributed by atoms with Crippen LogP contribution in [0.5, 0.6) is 0 Å². The molecule has 1 N–H and O–H groups in total. The Balaban J connectivity index is 0.000000309. The van der Waals surface area contributed by atoms with Crippen molar-refractivity contribution in [1.29, 1.82) is 0 Å². The fraction of sp³-hybridized carbons (Fsp3) is 0.444. The summed E-state index contributed by atoms with van der Waals surface area (Å²) >= 11 is 0. The largest absolute Gasteiger partial charge is 0.437 e. The van der Waals surface area contributed by atoms with Crippen LogP contribution in [0.15, 0.2) is 25.0 Å². The number of hydrogen-bond donors (Lipinski definition) is 1. The van der Waals surface area contributed by atoms with E-state index in [9.17, 15) is 0 Å². The van der Waals surface area contributed by atoms with E-state index in [1.165, 1.54) is 60.1 Å². The highest BCUT2D eigenvalue weighted by molar-refractivity contribution is 5.79. The summed E-state index contributed by atoms with van der Waals surface area (Å²) in [5.41, 5.74) is 5.03. The summed E-state index contributed by atoms with van der Waals surface area (Å²) in [7, 11) is 0. The van der Waals surface area contributed by atoms with Crippen LogP contribution >= 0.6 is 0 Å². The van der Waals surface area contributed by atoms with E-state index in [-0.39, 0.29) is 0 Å². The Kier molecular flexibility index (Phi) is 5.75. The topological polar surface area (TPSA) is 55.0 Å². The van der Waals surface area contributed by atoms with Crippen LogP contribution in [0.4, 0.5) is 0 Å². The van der Waals surface area contributed by atoms with Gasteiger partial charge in [0.2, 0.25) is 0 Å². The van der Waals surface area contributed by atoms with Crippen molar-refractivity contribution in [3.63, 3.8) is 0 Å². The van der Waals surface area contributed by atoms with Crippen molar-refractivity contribution in [3.8, 4) is 0 Å². The number of aromatic amines is 1. The van der Waals surface area contributed by atoms with E-state index in [2.05, 4.69) is 42.3 Å². The highest BCUT2D eigenvalue weighted by atomic mass is 16.5. The van der Waals surface area contributed by atoms with E-state index in [0.29, 0.717) is 12.4 Å². The Morgan fingerprint density at radius 1 is 1.27 bits per heavy atom. The SMILES string of the molecule is C=COC=O.Cc1ccc2[nH]c(C3CCCCC3)nc2c1C. The monoisotopic (exact) mass is 300 g/mol. The van der Waals surface area contributed by atoms with Gasteiger partial charge in [0.05, 0.1) is 17.3 Å². The van der Waals surface area contributed by atoms with Crippen LogP contribution in [0.1, 0.15) is 55.0 Å². The molecule has 0 amide bonds. The van der Waals surface area contributed by atoms with Gasteiger partial charge in [0, 0.05) is 5.92 Å². The molecule has 0 unspecified atom stereocenters. The molecule has 0 atom stereocenters. The van der Waals surface area contributed by atoms with Crippen LogP contribution in [-0.4, -0.2) is 16.4 Å². The van der Waals surface area contributed by atoms with Gasteiger partial charge in [-0.15, -0.1) is 0 Å². The number of fused-ring (bicyclic) bond motifs is 1. The van der Waals surface area contributed by atoms with Gasteiger partial charge in [0.15, 0.2) is 0 Å². The summed E-state index contributed by atoms with van der Waals surface area (Å²) in [6.07, 6.45) is 7.79. The van der Waals surface area contributed by atoms with Gasteiger partial charge >= 0.3 is 0 Å². The zero-order valence-corrected chi connectivity index (χ0v) is 13.4. The third-order valence-electron chi connectivity index (χ3n) is 4.34. The maximum atomic E-state index is 9.11. The molecule has 1 heterocycles. The molecule has 1 fully saturated rings. The normalized spacial score (nSPS) is 15.0. The highest BCUT2D eigenvalue weighted by Gasteiger charge is 2.19. The maximum absolute atomic E-state index is 9.11. The van der Waals surface area contributed by atoms with Crippen LogP contribution in [0.25, 0.3) is 11.0 Å². The number of imidazole rings is 1. The number of hydrogen-bond acceptors (Lipinski definition) is 3. The minimum Gasteiger partial charge on any atom is -0.437 e. The molecule has 118 valence electrons. The second kappa shape index (κ2) is 7.78. The molecule has 22 heavy (non-hydrogen) atoms. The van der Waals surface area contributed by atoms with Gasteiger partial charge in [-0.25, -0.2) is 4.98 Å². The Bertz CT molecular complexity index is 634. The van der Waals surface area contributed by atoms with Crippen LogP contribution in [0, 0.1) is 13.8 Å². The fourth-order valence-electron chi connectivity index (χ4n) is 2.94. The molecule has 0 spiro atoms. The lowest BCUT2D eigenvalue weighted by Crippen LogP contribution is -2.05. The molecular formula is C18H24N2O2. The first kappa shape index (κ1) is 16.3. The smallest absolute Gasteiger partial charge is 0.297 e. The van der Waals surface area contributed by atoms with Crippen molar-refractivity contribution in [2.45, 2.75) is 51.9 Å². The molecule has 0 bridgehead atoms. The van der Waals surface area contributed by atoms with Crippen LogP contribution in [0.2, 0.25) is 0 Å². The predicted octanol–water partition coefficient (Wildman–Crippen LogP) is 4.53. The number of carbonyl (C=O) groups is 1. The van der Waals surface area contributed by atoms with Crippen LogP contribution in [0.3, 0.4) is 0 Å². The first-order valence-electron chi connectivity index (χ1n) is 7.83. The molecule has 0 saturated heterocycles. The van der Waals surface area contributed by atoms with Crippen molar-refractivity contribution >= 4 is 17.5 Å². The number of aryl methyl sites for hydroxylation is 2. The fourth-order valence-corrected chi connectivity index (χ4v) is 2.94. The molecular weight excluding hydrogens is 276 g/mol. The summed E-state index contributed by atoms with van der Waals surface area (Å²) in [5, 5.41) is 0. The first-order valence-corrected chi connectivity index (χ1v) is 7.83. The van der Waals surface area contributed by atoms with Gasteiger partial charge in [-0.3, -0.25) is 4.79 Å². The van der Waals surface area contributed by atoms with Crippen molar-refractivity contribution in [2.24, 2.45) is 0 Å². The predicted molar refractivity (Wildman–Crippen MR) is 88.7 cm³/mol. The Morgan fingerprint density at radius 2 is 2.00 bits per heavy atom. The minimum absolute atomic E-state index is 0.312. The zero-order valence-electron chi connectivity index (χ0n) is 13.4. The van der Waals surface area contributed by atoms with E-state index in [1.807, 2.05) is 0 Å². The van der Waals surface area contributed by atoms with Gasteiger partial charge in [-0.2, -0.15) is 0 Å². The molecule has 0 aliphatic heterocycles. The summed E-state index contributed by atoms with van der Waals surface area (Å²) in [6, 6.07) is 4.34. The highest BCUT2D eigenvalue weighted by Crippen LogP contribution is 2.32. The van der Waals surface area contributed by atoms with E-state index in [1.54, 1.807) is 0 Å². The summed E-state index contributed by atoms with van der Waals surface area (Å²) in [5.74, 6) is 1.88. The van der Waals surface area contributed by atoms with Gasteiger partial charge in [0.1, 0.15) is 5.82 Å². The summed E-state index contributed by atoms with van der Waals surface area (Å²) < 4.78 is 3.92.